The summed E-state index contributed by atoms with van der Waals surface area (Å²) >= 11 is 0. The van der Waals surface area contributed by atoms with Gasteiger partial charge in [-0.3, -0.25) is 10.1 Å². The van der Waals surface area contributed by atoms with E-state index in [0.717, 1.165) is 37.3 Å². The Kier molecular flexibility index (Phi) is 8.83. The van der Waals surface area contributed by atoms with E-state index < -0.39 is 23.7 Å². The number of rotatable bonds is 7. The van der Waals surface area contributed by atoms with Gasteiger partial charge in [0.05, 0.1) is 12.7 Å². The number of alkyl halides is 3. The number of nitrogens with one attached hydrogen (secondary N) is 3. The van der Waals surface area contributed by atoms with E-state index in [4.69, 9.17) is 4.74 Å². The molecule has 3 amide bonds. The zero-order valence-electron chi connectivity index (χ0n) is 23.4. The number of tetrazole rings is 1. The van der Waals surface area contributed by atoms with E-state index >= 15 is 0 Å². The molecule has 2 aromatic carbocycles. The highest BCUT2D eigenvalue weighted by molar-refractivity contribution is 6.03. The van der Waals surface area contributed by atoms with Gasteiger partial charge in [-0.05, 0) is 78.1 Å². The number of anilines is 2. The van der Waals surface area contributed by atoms with Crippen LogP contribution in [0.15, 0.2) is 42.5 Å². The Bertz CT molecular complexity index is 1330. The van der Waals surface area contributed by atoms with Gasteiger partial charge >= 0.3 is 12.2 Å². The van der Waals surface area contributed by atoms with Gasteiger partial charge in [0, 0.05) is 23.8 Å². The quantitative estimate of drug-likeness (QED) is 0.313. The first kappa shape index (κ1) is 29.8. The molecule has 1 aliphatic carbocycles. The summed E-state index contributed by atoms with van der Waals surface area (Å²) in [6, 6.07) is 9.57. The summed E-state index contributed by atoms with van der Waals surface area (Å²) in [5.74, 6) is -0.194. The minimum Gasteiger partial charge on any atom is -0.496 e. The summed E-state index contributed by atoms with van der Waals surface area (Å²) < 4.78 is 45.6. The van der Waals surface area contributed by atoms with Gasteiger partial charge in [-0.25, -0.2) is 4.79 Å². The minimum absolute atomic E-state index is 0.0185. The summed E-state index contributed by atoms with van der Waals surface area (Å²) in [5.41, 5.74) is 0.320. The lowest BCUT2D eigenvalue weighted by Gasteiger charge is -2.41. The molecule has 220 valence electrons. The van der Waals surface area contributed by atoms with Crippen LogP contribution in [0.2, 0.25) is 0 Å². The van der Waals surface area contributed by atoms with Crippen LogP contribution in [-0.2, 0) is 12.7 Å². The van der Waals surface area contributed by atoms with Crippen LogP contribution < -0.4 is 15.4 Å². The molecule has 0 atom stereocenters. The SMILES string of the molecule is COc1ccc(NC(=O)N(Cc2ccc(C(=O)Nc3nn[nH]n3)cc2)C2CCC(C(C)(C)C)CC2)cc1C(F)(F)F. The van der Waals surface area contributed by atoms with Gasteiger partial charge in [0.1, 0.15) is 5.75 Å². The molecule has 1 aromatic heterocycles. The number of halogens is 3. The lowest BCUT2D eigenvalue weighted by Crippen LogP contribution is -2.45. The van der Waals surface area contributed by atoms with E-state index in [-0.39, 0.29) is 35.4 Å². The van der Waals surface area contributed by atoms with Crippen molar-refractivity contribution in [3.63, 3.8) is 0 Å². The molecule has 0 saturated heterocycles. The third-order valence-electron chi connectivity index (χ3n) is 7.52. The van der Waals surface area contributed by atoms with Crippen LogP contribution >= 0.6 is 0 Å². The van der Waals surface area contributed by atoms with Gasteiger partial charge in [0.15, 0.2) is 0 Å². The maximum atomic E-state index is 13.6. The molecule has 0 unspecified atom stereocenters. The molecular formula is C28H34F3N7O3. The monoisotopic (exact) mass is 573 g/mol. The minimum atomic E-state index is -4.64. The molecule has 1 heterocycles. The maximum absolute atomic E-state index is 13.6. The van der Waals surface area contributed by atoms with Crippen LogP contribution in [-0.4, -0.2) is 50.6 Å². The van der Waals surface area contributed by atoms with Crippen molar-refractivity contribution in [1.29, 1.82) is 0 Å². The van der Waals surface area contributed by atoms with Crippen LogP contribution in [0.25, 0.3) is 0 Å². The zero-order chi connectivity index (χ0) is 29.8. The summed E-state index contributed by atoms with van der Waals surface area (Å²) in [7, 11) is 1.17. The molecule has 0 bridgehead atoms. The number of aromatic amines is 1. The number of benzene rings is 2. The zero-order valence-corrected chi connectivity index (χ0v) is 23.4. The van der Waals surface area contributed by atoms with Crippen molar-refractivity contribution in [1.82, 2.24) is 25.5 Å². The van der Waals surface area contributed by atoms with Crippen molar-refractivity contribution in [2.75, 3.05) is 17.7 Å². The van der Waals surface area contributed by atoms with Crippen LogP contribution in [0.1, 0.15) is 67.9 Å². The van der Waals surface area contributed by atoms with Crippen LogP contribution in [0, 0.1) is 11.3 Å². The molecule has 13 heteroatoms. The van der Waals surface area contributed by atoms with Gasteiger partial charge in [-0.15, -0.1) is 5.10 Å². The molecular weight excluding hydrogens is 539 g/mol. The van der Waals surface area contributed by atoms with Gasteiger partial charge in [-0.2, -0.15) is 18.4 Å². The van der Waals surface area contributed by atoms with Crippen molar-refractivity contribution in [3.05, 3.63) is 59.2 Å². The van der Waals surface area contributed by atoms with E-state index in [1.165, 1.54) is 19.2 Å². The average molecular weight is 574 g/mol. The Morgan fingerprint density at radius 1 is 1.02 bits per heavy atom. The molecule has 10 nitrogen and oxygen atoms in total. The summed E-state index contributed by atoms with van der Waals surface area (Å²) in [5, 5.41) is 18.2. The smallest absolute Gasteiger partial charge is 0.420 e. The van der Waals surface area contributed by atoms with Crippen molar-refractivity contribution in [3.8, 4) is 5.75 Å². The number of hydrogen-bond donors (Lipinski definition) is 3. The normalized spacial score (nSPS) is 17.5. The van der Waals surface area contributed by atoms with Gasteiger partial charge in [0.2, 0.25) is 0 Å². The first-order valence-electron chi connectivity index (χ1n) is 13.3. The second-order valence-electron chi connectivity index (χ2n) is 11.2. The van der Waals surface area contributed by atoms with E-state index in [1.54, 1.807) is 29.2 Å². The van der Waals surface area contributed by atoms with E-state index in [9.17, 15) is 22.8 Å². The summed E-state index contributed by atoms with van der Waals surface area (Å²) in [6.45, 7) is 6.84. The number of H-pyrrole nitrogens is 1. The molecule has 3 aromatic rings. The largest absolute Gasteiger partial charge is 0.496 e. The number of nitrogens with zero attached hydrogens (tertiary/aromatic N) is 4. The van der Waals surface area contributed by atoms with Crippen LogP contribution in [0.4, 0.5) is 29.6 Å². The van der Waals surface area contributed by atoms with E-state index in [0.29, 0.717) is 11.5 Å². The fraction of sp³-hybridized carbons (Fsp3) is 0.464. The van der Waals surface area contributed by atoms with E-state index in [2.05, 4.69) is 52.0 Å². The highest BCUT2D eigenvalue weighted by Crippen LogP contribution is 2.40. The molecule has 3 N–H and O–H groups in total. The Balaban J connectivity index is 1.53. The molecule has 1 aliphatic rings. The number of aromatic nitrogens is 4. The Hall–Kier alpha value is -4.16. The standard InChI is InChI=1S/C28H34F3N7O3/c1-27(2,3)19-9-12-21(13-10-19)38(26(40)32-20-11-14-23(41-4)22(15-20)28(29,30)31)16-17-5-7-18(8-6-17)24(39)33-25-34-36-37-35-25/h5-8,11,14-15,19,21H,9-10,12-13,16H2,1-4H3,(H,32,40)(H2,33,34,35,36,37,39). The second-order valence-corrected chi connectivity index (χ2v) is 11.2. The van der Waals surface area contributed by atoms with Crippen molar-refractivity contribution < 1.29 is 27.5 Å². The fourth-order valence-electron chi connectivity index (χ4n) is 5.17. The number of carbonyl (C=O) groups is 2. The van der Waals surface area contributed by atoms with Crippen molar-refractivity contribution in [2.24, 2.45) is 11.3 Å². The average Bonchev–Trinajstić information content (AvgIpc) is 3.44. The number of amides is 3. The number of hydrogen-bond acceptors (Lipinski definition) is 6. The molecule has 4 rings (SSSR count). The highest BCUT2D eigenvalue weighted by Gasteiger charge is 2.36. The Morgan fingerprint density at radius 2 is 1.71 bits per heavy atom. The highest BCUT2D eigenvalue weighted by atomic mass is 19.4. The number of carbonyl (C=O) groups excluding carboxylic acids is 2. The summed E-state index contributed by atoms with van der Waals surface area (Å²) in [4.78, 5) is 27.7. The Morgan fingerprint density at radius 3 is 2.27 bits per heavy atom. The lowest BCUT2D eigenvalue weighted by atomic mass is 9.71. The molecule has 0 aliphatic heterocycles. The number of urea groups is 1. The van der Waals surface area contributed by atoms with Crippen molar-refractivity contribution in [2.45, 2.75) is 65.2 Å². The van der Waals surface area contributed by atoms with Gasteiger partial charge < -0.3 is 15.0 Å². The molecule has 1 saturated carbocycles. The number of ether oxygens (including phenoxy) is 1. The lowest BCUT2D eigenvalue weighted by molar-refractivity contribution is -0.138. The Labute approximate surface area is 236 Å². The third kappa shape index (κ3) is 7.53. The predicted octanol–water partition coefficient (Wildman–Crippen LogP) is 6.12. The molecule has 0 radical (unpaired) electrons. The maximum Gasteiger partial charge on any atom is 0.420 e. The first-order valence-corrected chi connectivity index (χ1v) is 13.3. The fourth-order valence-corrected chi connectivity index (χ4v) is 5.17. The second kappa shape index (κ2) is 12.1. The van der Waals surface area contributed by atoms with Gasteiger partial charge in [0.25, 0.3) is 11.9 Å². The molecule has 0 spiro atoms. The topological polar surface area (TPSA) is 125 Å². The van der Waals surface area contributed by atoms with Gasteiger partial charge in [-0.1, -0.05) is 38.0 Å². The first-order chi connectivity index (χ1) is 19.3. The third-order valence-corrected chi connectivity index (χ3v) is 7.52. The molecule has 1 fully saturated rings. The van der Waals surface area contributed by atoms with Crippen LogP contribution in [0.3, 0.4) is 0 Å². The van der Waals surface area contributed by atoms with E-state index in [1.807, 2.05) is 0 Å². The van der Waals surface area contributed by atoms with Crippen molar-refractivity contribution >= 4 is 23.6 Å². The summed E-state index contributed by atoms with van der Waals surface area (Å²) in [6.07, 6.45) is -1.22. The molecule has 41 heavy (non-hydrogen) atoms. The van der Waals surface area contributed by atoms with Crippen LogP contribution in [0.5, 0.6) is 5.75 Å². The number of methoxy groups -OCH3 is 1. The predicted molar refractivity (Wildman–Crippen MR) is 146 cm³/mol.